The quantitative estimate of drug-likeness (QED) is 0.705. The van der Waals surface area contributed by atoms with Gasteiger partial charge in [0.1, 0.15) is 13.2 Å². The van der Waals surface area contributed by atoms with Crippen molar-refractivity contribution in [1.29, 1.82) is 0 Å². The van der Waals surface area contributed by atoms with Crippen molar-refractivity contribution in [2.75, 3.05) is 45.9 Å². The summed E-state index contributed by atoms with van der Waals surface area (Å²) in [5.74, 6) is -0.955. The van der Waals surface area contributed by atoms with Crippen LogP contribution in [0.4, 0.5) is 8.78 Å². The molecule has 2 amide bonds. The highest BCUT2D eigenvalue weighted by atomic mass is 19.2. The van der Waals surface area contributed by atoms with Crippen LogP contribution in [0.2, 0.25) is 0 Å². The molecule has 0 aromatic heterocycles. The smallest absolute Gasteiger partial charge is 0.254 e. The number of nitrogens with zero attached hydrogens (tertiary/aromatic N) is 2. The molecule has 0 spiro atoms. The molecule has 2 aromatic carbocycles. The lowest BCUT2D eigenvalue weighted by Crippen LogP contribution is -2.53. The SMILES string of the molecule is O=C(CN1CCN(C(=O)c2ccc(F)c(F)c2)CC1)NC1(c2ccc3c(c2)OCCO3)CCCC1. The Morgan fingerprint density at radius 3 is 2.31 bits per heavy atom. The molecule has 2 aliphatic heterocycles. The van der Waals surface area contributed by atoms with Gasteiger partial charge in [-0.1, -0.05) is 18.9 Å². The van der Waals surface area contributed by atoms with Gasteiger partial charge in [-0.15, -0.1) is 0 Å². The van der Waals surface area contributed by atoms with Crippen LogP contribution in [0.5, 0.6) is 11.5 Å². The van der Waals surface area contributed by atoms with Crippen molar-refractivity contribution >= 4 is 11.8 Å². The Labute approximate surface area is 203 Å². The monoisotopic (exact) mass is 485 g/mol. The Morgan fingerprint density at radius 1 is 0.886 bits per heavy atom. The average Bonchev–Trinajstić information content (AvgIpc) is 3.35. The van der Waals surface area contributed by atoms with Gasteiger partial charge in [-0.05, 0) is 48.7 Å². The third-order valence-electron chi connectivity index (χ3n) is 7.12. The fourth-order valence-corrected chi connectivity index (χ4v) is 5.24. The molecule has 1 saturated heterocycles. The third kappa shape index (κ3) is 4.96. The van der Waals surface area contributed by atoms with Crippen molar-refractivity contribution in [3.8, 4) is 11.5 Å². The number of hydrogen-bond acceptors (Lipinski definition) is 5. The number of ether oxygens (including phenoxy) is 2. The molecule has 2 fully saturated rings. The van der Waals surface area contributed by atoms with Crippen molar-refractivity contribution in [2.45, 2.75) is 31.2 Å². The highest BCUT2D eigenvalue weighted by Gasteiger charge is 2.38. The molecule has 0 unspecified atom stereocenters. The minimum absolute atomic E-state index is 0.0535. The lowest BCUT2D eigenvalue weighted by Gasteiger charge is -2.36. The second-order valence-corrected chi connectivity index (χ2v) is 9.39. The van der Waals surface area contributed by atoms with E-state index in [0.717, 1.165) is 54.9 Å². The van der Waals surface area contributed by atoms with Crippen molar-refractivity contribution in [3.63, 3.8) is 0 Å². The number of halogens is 2. The first-order valence-electron chi connectivity index (χ1n) is 12.1. The number of amides is 2. The maximum absolute atomic E-state index is 13.5. The number of nitrogens with one attached hydrogen (secondary N) is 1. The van der Waals surface area contributed by atoms with E-state index in [1.807, 2.05) is 23.1 Å². The van der Waals surface area contributed by atoms with E-state index in [2.05, 4.69) is 5.32 Å². The number of carbonyl (C=O) groups excluding carboxylic acids is 2. The third-order valence-corrected chi connectivity index (χ3v) is 7.12. The lowest BCUT2D eigenvalue weighted by molar-refractivity contribution is -0.124. The summed E-state index contributed by atoms with van der Waals surface area (Å²) in [6, 6.07) is 9.10. The molecular weight excluding hydrogens is 456 g/mol. The maximum atomic E-state index is 13.5. The molecule has 2 heterocycles. The van der Waals surface area contributed by atoms with Crippen molar-refractivity contribution < 1.29 is 27.8 Å². The minimum atomic E-state index is -1.04. The number of benzene rings is 2. The summed E-state index contributed by atoms with van der Waals surface area (Å²) in [7, 11) is 0. The highest BCUT2D eigenvalue weighted by Crippen LogP contribution is 2.42. The standard InChI is InChI=1S/C26H29F2N3O4/c27-20-5-3-18(15-21(20)28)25(33)31-11-9-30(10-12-31)17-24(32)29-26(7-1-2-8-26)19-4-6-22-23(16-19)35-14-13-34-22/h3-6,15-16H,1-2,7-14,17H2,(H,29,32). The van der Waals surface area contributed by atoms with Gasteiger partial charge in [-0.3, -0.25) is 14.5 Å². The van der Waals surface area contributed by atoms with Crippen LogP contribution < -0.4 is 14.8 Å². The zero-order valence-corrected chi connectivity index (χ0v) is 19.5. The molecule has 35 heavy (non-hydrogen) atoms. The topological polar surface area (TPSA) is 71.1 Å². The summed E-state index contributed by atoms with van der Waals surface area (Å²) in [6.45, 7) is 3.17. The minimum Gasteiger partial charge on any atom is -0.486 e. The number of rotatable bonds is 5. The summed E-state index contributed by atoms with van der Waals surface area (Å²) in [5.41, 5.74) is 0.740. The van der Waals surface area contributed by atoms with Crippen LogP contribution in [0.15, 0.2) is 36.4 Å². The Hall–Kier alpha value is -3.20. The number of hydrogen-bond donors (Lipinski definition) is 1. The number of fused-ring (bicyclic) bond motifs is 1. The highest BCUT2D eigenvalue weighted by molar-refractivity contribution is 5.94. The fraction of sp³-hybridized carbons (Fsp3) is 0.462. The second kappa shape index (κ2) is 9.81. The van der Waals surface area contributed by atoms with Gasteiger partial charge >= 0.3 is 0 Å². The largest absolute Gasteiger partial charge is 0.486 e. The normalized spacial score (nSPS) is 19.4. The summed E-state index contributed by atoms with van der Waals surface area (Å²) < 4.78 is 38.1. The predicted molar refractivity (Wildman–Crippen MR) is 124 cm³/mol. The molecule has 7 nitrogen and oxygen atoms in total. The summed E-state index contributed by atoms with van der Waals surface area (Å²) in [6.07, 6.45) is 3.82. The van der Waals surface area contributed by atoms with Crippen LogP contribution >= 0.6 is 0 Å². The van der Waals surface area contributed by atoms with Crippen molar-refractivity contribution in [1.82, 2.24) is 15.1 Å². The van der Waals surface area contributed by atoms with E-state index < -0.39 is 17.2 Å². The van der Waals surface area contributed by atoms with Crippen molar-refractivity contribution in [2.24, 2.45) is 0 Å². The van der Waals surface area contributed by atoms with E-state index in [1.165, 1.54) is 6.07 Å². The van der Waals surface area contributed by atoms with Gasteiger partial charge in [0.05, 0.1) is 12.1 Å². The Kier molecular flexibility index (Phi) is 6.60. The molecule has 1 aliphatic carbocycles. The predicted octanol–water partition coefficient (Wildman–Crippen LogP) is 3.08. The van der Waals surface area contributed by atoms with Gasteiger partial charge in [0, 0.05) is 31.7 Å². The molecule has 1 N–H and O–H groups in total. The van der Waals surface area contributed by atoms with Gasteiger partial charge in [-0.2, -0.15) is 0 Å². The second-order valence-electron chi connectivity index (χ2n) is 9.39. The van der Waals surface area contributed by atoms with Gasteiger partial charge in [0.25, 0.3) is 5.91 Å². The molecule has 0 atom stereocenters. The first kappa shape index (κ1) is 23.5. The van der Waals surface area contributed by atoms with E-state index in [1.54, 1.807) is 4.90 Å². The van der Waals surface area contributed by atoms with E-state index in [0.29, 0.717) is 39.4 Å². The van der Waals surface area contributed by atoms with Gasteiger partial charge in [0.2, 0.25) is 5.91 Å². The van der Waals surface area contributed by atoms with Crippen LogP contribution in [0.1, 0.15) is 41.6 Å². The Balaban J connectivity index is 1.18. The Morgan fingerprint density at radius 2 is 1.60 bits per heavy atom. The Bertz CT molecular complexity index is 1110. The zero-order chi connectivity index (χ0) is 24.4. The van der Waals surface area contributed by atoms with E-state index in [9.17, 15) is 18.4 Å². The molecule has 186 valence electrons. The number of piperazine rings is 1. The molecule has 2 aromatic rings. The molecule has 5 rings (SSSR count). The molecule has 3 aliphatic rings. The molecule has 0 radical (unpaired) electrons. The van der Waals surface area contributed by atoms with Crippen LogP contribution in [0.3, 0.4) is 0 Å². The molecular formula is C26H29F2N3O4. The molecule has 9 heteroatoms. The van der Waals surface area contributed by atoms with E-state index >= 15 is 0 Å². The number of carbonyl (C=O) groups is 2. The van der Waals surface area contributed by atoms with Gasteiger partial charge in [0.15, 0.2) is 23.1 Å². The lowest BCUT2D eigenvalue weighted by atomic mass is 9.87. The van der Waals surface area contributed by atoms with Crippen LogP contribution in [0.25, 0.3) is 0 Å². The van der Waals surface area contributed by atoms with E-state index in [-0.39, 0.29) is 23.9 Å². The average molecular weight is 486 g/mol. The van der Waals surface area contributed by atoms with Gasteiger partial charge in [-0.25, -0.2) is 8.78 Å². The van der Waals surface area contributed by atoms with Crippen LogP contribution in [0, 0.1) is 11.6 Å². The van der Waals surface area contributed by atoms with E-state index in [4.69, 9.17) is 9.47 Å². The van der Waals surface area contributed by atoms with Crippen LogP contribution in [-0.4, -0.2) is 67.6 Å². The molecule has 1 saturated carbocycles. The molecule has 0 bridgehead atoms. The summed E-state index contributed by atoms with van der Waals surface area (Å²) in [5, 5.41) is 3.30. The fourth-order valence-electron chi connectivity index (χ4n) is 5.24. The van der Waals surface area contributed by atoms with Crippen LogP contribution in [-0.2, 0) is 10.3 Å². The zero-order valence-electron chi connectivity index (χ0n) is 19.5. The maximum Gasteiger partial charge on any atom is 0.254 e. The first-order chi connectivity index (χ1) is 16.9. The summed E-state index contributed by atoms with van der Waals surface area (Å²) in [4.78, 5) is 29.3. The first-order valence-corrected chi connectivity index (χ1v) is 12.1. The van der Waals surface area contributed by atoms with Crippen molar-refractivity contribution in [3.05, 3.63) is 59.2 Å². The summed E-state index contributed by atoms with van der Waals surface area (Å²) >= 11 is 0. The van der Waals surface area contributed by atoms with Gasteiger partial charge < -0.3 is 19.7 Å².